The van der Waals surface area contributed by atoms with Crippen LogP contribution in [0.25, 0.3) is 0 Å². The molecular weight excluding hydrogens is 534 g/mol. The molecule has 3 amide bonds. The molecule has 4 rings (SSSR count). The minimum absolute atomic E-state index is 0.0244. The molecule has 0 aliphatic carbocycles. The van der Waals surface area contributed by atoms with E-state index in [4.69, 9.17) is 27.2 Å². The molecule has 12 heteroatoms. The molecule has 1 aliphatic rings. The minimum Gasteiger partial charge on any atom is -0.478 e. The number of esters is 1. The first-order valence-electron chi connectivity index (χ1n) is 11.1. The average Bonchev–Trinajstić information content (AvgIpc) is 3.16. The molecule has 0 spiro atoms. The van der Waals surface area contributed by atoms with E-state index in [-0.39, 0.29) is 40.1 Å². The Morgan fingerprint density at radius 1 is 1.05 bits per heavy atom. The molecule has 1 fully saturated rings. The number of amides is 3. The molecular formula is C26H20ClN3O7S. The summed E-state index contributed by atoms with van der Waals surface area (Å²) in [7, 11) is 0. The second kappa shape index (κ2) is 11.4. The van der Waals surface area contributed by atoms with Crippen molar-refractivity contribution >= 4 is 70.1 Å². The number of rotatable bonds is 8. The molecule has 0 saturated carbocycles. The van der Waals surface area contributed by atoms with Crippen molar-refractivity contribution in [2.24, 2.45) is 0 Å². The van der Waals surface area contributed by atoms with E-state index in [1.54, 1.807) is 18.2 Å². The predicted molar refractivity (Wildman–Crippen MR) is 141 cm³/mol. The Bertz CT molecular complexity index is 1450. The zero-order valence-electron chi connectivity index (χ0n) is 19.5. The van der Waals surface area contributed by atoms with Gasteiger partial charge in [-0.15, -0.1) is 11.8 Å². The smallest absolute Gasteiger partial charge is 0.338 e. The van der Waals surface area contributed by atoms with Crippen LogP contribution < -0.4 is 16.0 Å². The predicted octanol–water partition coefficient (Wildman–Crippen LogP) is 3.84. The summed E-state index contributed by atoms with van der Waals surface area (Å²) in [4.78, 5) is 63.0. The number of nitrogens with zero attached hydrogens (tertiary/aromatic N) is 1. The number of carbonyl (C=O) groups excluding carboxylic acids is 4. The average molecular weight is 554 g/mol. The number of hydrogen-bond donors (Lipinski definition) is 3. The van der Waals surface area contributed by atoms with E-state index >= 15 is 0 Å². The number of carbonyl (C=O) groups is 5. The van der Waals surface area contributed by atoms with Crippen LogP contribution in [0.3, 0.4) is 0 Å². The van der Waals surface area contributed by atoms with E-state index in [1.807, 2.05) is 6.07 Å². The van der Waals surface area contributed by atoms with Crippen LogP contribution in [0.2, 0.25) is 5.02 Å². The van der Waals surface area contributed by atoms with Crippen molar-refractivity contribution in [3.63, 3.8) is 0 Å². The molecule has 0 aromatic heterocycles. The molecule has 10 nitrogen and oxygen atoms in total. The third-order valence-electron chi connectivity index (χ3n) is 5.42. The van der Waals surface area contributed by atoms with Crippen LogP contribution >= 0.6 is 23.4 Å². The molecule has 38 heavy (non-hydrogen) atoms. The van der Waals surface area contributed by atoms with Gasteiger partial charge in [0.25, 0.3) is 5.91 Å². The molecule has 1 aliphatic heterocycles. The number of ether oxygens (including phenoxy) is 1. The molecule has 194 valence electrons. The van der Waals surface area contributed by atoms with Crippen LogP contribution in [-0.4, -0.2) is 46.6 Å². The topological polar surface area (TPSA) is 156 Å². The fourth-order valence-corrected chi connectivity index (χ4v) is 4.91. The van der Waals surface area contributed by atoms with Gasteiger partial charge in [0.2, 0.25) is 11.8 Å². The Morgan fingerprint density at radius 2 is 1.76 bits per heavy atom. The van der Waals surface area contributed by atoms with Crippen molar-refractivity contribution in [2.75, 3.05) is 22.6 Å². The molecule has 0 radical (unpaired) electrons. The quantitative estimate of drug-likeness (QED) is 0.214. The molecule has 1 saturated heterocycles. The second-order valence-corrected chi connectivity index (χ2v) is 9.80. The van der Waals surface area contributed by atoms with Crippen LogP contribution in [0.1, 0.15) is 27.1 Å². The summed E-state index contributed by atoms with van der Waals surface area (Å²) in [6.45, 7) is -0.653. The van der Waals surface area contributed by atoms with Gasteiger partial charge in [0.05, 0.1) is 32.8 Å². The lowest BCUT2D eigenvalue weighted by Gasteiger charge is -2.15. The van der Waals surface area contributed by atoms with Crippen molar-refractivity contribution < 1.29 is 33.8 Å². The maximum atomic E-state index is 12.9. The van der Waals surface area contributed by atoms with Gasteiger partial charge in [-0.1, -0.05) is 17.7 Å². The molecule has 0 bridgehead atoms. The lowest BCUT2D eigenvalue weighted by atomic mass is 10.2. The highest BCUT2D eigenvalue weighted by molar-refractivity contribution is 8.00. The second-order valence-electron chi connectivity index (χ2n) is 8.12. The summed E-state index contributed by atoms with van der Waals surface area (Å²) in [5.41, 5.74) is 6.72. The summed E-state index contributed by atoms with van der Waals surface area (Å²) in [5, 5.41) is 11.0. The van der Waals surface area contributed by atoms with E-state index in [2.05, 4.69) is 5.32 Å². The lowest BCUT2D eigenvalue weighted by Crippen LogP contribution is -2.31. The zero-order valence-corrected chi connectivity index (χ0v) is 21.1. The van der Waals surface area contributed by atoms with Crippen LogP contribution in [0.4, 0.5) is 17.1 Å². The number of benzene rings is 3. The number of aromatic carboxylic acids is 1. The number of carboxylic acid groups (broad SMARTS) is 1. The van der Waals surface area contributed by atoms with Crippen LogP contribution in [-0.2, 0) is 19.1 Å². The Morgan fingerprint density at radius 3 is 2.45 bits per heavy atom. The van der Waals surface area contributed by atoms with Crippen LogP contribution in [0.15, 0.2) is 71.6 Å². The lowest BCUT2D eigenvalue weighted by molar-refractivity contribution is -0.121. The first kappa shape index (κ1) is 26.7. The zero-order chi connectivity index (χ0) is 27.4. The Kier molecular flexibility index (Phi) is 7.99. The standard InChI is InChI=1S/C26H20ClN3O7S/c27-19-9-6-15(25(34)35)10-20(19)29-22(31)13-37-26(36)14-4-7-17(8-5-14)30-23(32)12-21(24(30)33)38-18-3-1-2-16(28)11-18/h1-11,21H,12-13,28H2,(H,29,31)(H,34,35). The van der Waals surface area contributed by atoms with Gasteiger partial charge >= 0.3 is 11.9 Å². The van der Waals surface area contributed by atoms with Gasteiger partial charge in [0, 0.05) is 17.0 Å². The van der Waals surface area contributed by atoms with Gasteiger partial charge in [0.15, 0.2) is 6.61 Å². The van der Waals surface area contributed by atoms with Gasteiger partial charge in [-0.25, -0.2) is 14.5 Å². The summed E-state index contributed by atoms with van der Waals surface area (Å²) in [5.74, 6) is -3.48. The largest absolute Gasteiger partial charge is 0.478 e. The Hall–Kier alpha value is -4.35. The van der Waals surface area contributed by atoms with Gasteiger partial charge in [-0.3, -0.25) is 14.4 Å². The summed E-state index contributed by atoms with van der Waals surface area (Å²) in [6, 6.07) is 16.5. The highest BCUT2D eigenvalue weighted by atomic mass is 35.5. The fraction of sp³-hybridized carbons (Fsp3) is 0.115. The highest BCUT2D eigenvalue weighted by Gasteiger charge is 2.40. The van der Waals surface area contributed by atoms with Crippen molar-refractivity contribution in [1.82, 2.24) is 0 Å². The molecule has 1 unspecified atom stereocenters. The fourth-order valence-electron chi connectivity index (χ4n) is 3.62. The first-order chi connectivity index (χ1) is 18.1. The van der Waals surface area contributed by atoms with E-state index in [0.717, 1.165) is 9.80 Å². The monoisotopic (exact) mass is 553 g/mol. The third-order valence-corrected chi connectivity index (χ3v) is 6.93. The number of halogens is 1. The van der Waals surface area contributed by atoms with E-state index in [0.29, 0.717) is 11.4 Å². The SMILES string of the molecule is Nc1cccc(SC2CC(=O)N(c3ccc(C(=O)OCC(=O)Nc4cc(C(=O)O)ccc4Cl)cc3)C2=O)c1. The number of thioether (sulfide) groups is 1. The van der Waals surface area contributed by atoms with E-state index in [1.165, 1.54) is 54.2 Å². The number of carboxylic acids is 1. The summed E-state index contributed by atoms with van der Waals surface area (Å²) >= 11 is 7.23. The van der Waals surface area contributed by atoms with Crippen molar-refractivity contribution in [1.29, 1.82) is 0 Å². The molecule has 3 aromatic rings. The molecule has 4 N–H and O–H groups in total. The van der Waals surface area contributed by atoms with E-state index in [9.17, 15) is 24.0 Å². The molecule has 3 aromatic carbocycles. The van der Waals surface area contributed by atoms with Crippen LogP contribution in [0.5, 0.6) is 0 Å². The Balaban J connectivity index is 1.35. The number of nitrogen functional groups attached to an aromatic ring is 1. The van der Waals surface area contributed by atoms with E-state index < -0.39 is 29.7 Å². The molecule has 1 heterocycles. The third kappa shape index (κ3) is 6.13. The number of anilines is 3. The Labute approximate surface area is 225 Å². The van der Waals surface area contributed by atoms with Gasteiger partial charge < -0.3 is 20.9 Å². The van der Waals surface area contributed by atoms with Crippen molar-refractivity contribution in [3.05, 3.63) is 82.9 Å². The normalized spacial score (nSPS) is 14.9. The summed E-state index contributed by atoms with van der Waals surface area (Å²) in [6.07, 6.45) is 0.0244. The van der Waals surface area contributed by atoms with Crippen molar-refractivity contribution in [3.8, 4) is 0 Å². The van der Waals surface area contributed by atoms with Crippen LogP contribution in [0, 0.1) is 0 Å². The molecule has 1 atom stereocenters. The van der Waals surface area contributed by atoms with Gasteiger partial charge in [-0.05, 0) is 60.7 Å². The van der Waals surface area contributed by atoms with Gasteiger partial charge in [-0.2, -0.15) is 0 Å². The number of nitrogens with one attached hydrogen (secondary N) is 1. The number of hydrogen-bond acceptors (Lipinski definition) is 8. The number of imide groups is 1. The minimum atomic E-state index is -1.19. The highest BCUT2D eigenvalue weighted by Crippen LogP contribution is 2.34. The maximum Gasteiger partial charge on any atom is 0.338 e. The first-order valence-corrected chi connectivity index (χ1v) is 12.4. The summed E-state index contributed by atoms with van der Waals surface area (Å²) < 4.78 is 5.01. The number of nitrogens with two attached hydrogens (primary N) is 1. The maximum absolute atomic E-state index is 12.9. The van der Waals surface area contributed by atoms with Gasteiger partial charge in [0.1, 0.15) is 0 Å². The van der Waals surface area contributed by atoms with Crippen molar-refractivity contribution in [2.45, 2.75) is 16.6 Å².